The van der Waals surface area contributed by atoms with Crippen molar-refractivity contribution in [3.8, 4) is 11.5 Å². The quantitative estimate of drug-likeness (QED) is 0.262. The van der Waals surface area contributed by atoms with Gasteiger partial charge in [-0.25, -0.2) is 0 Å². The monoisotopic (exact) mass is 391 g/mol. The lowest BCUT2D eigenvalue weighted by Gasteiger charge is -2.13. The molecule has 0 aliphatic heterocycles. The number of halogens is 3. The zero-order chi connectivity index (χ0) is 18.7. The number of benzene rings is 1. The Labute approximate surface area is 158 Å². The molecule has 1 rings (SSSR count). The van der Waals surface area contributed by atoms with Crippen LogP contribution in [-0.4, -0.2) is 25.5 Å². The maximum atomic E-state index is 12.4. The average Bonchev–Trinajstić information content (AvgIpc) is 2.51. The van der Waals surface area contributed by atoms with Gasteiger partial charge in [0, 0.05) is 12.1 Å². The van der Waals surface area contributed by atoms with Crippen molar-refractivity contribution in [2.45, 2.75) is 40.0 Å². The first-order valence-electron chi connectivity index (χ1n) is 8.10. The molecule has 0 radical (unpaired) electrons. The first-order chi connectivity index (χ1) is 11.9. The molecule has 0 heterocycles. The van der Waals surface area contributed by atoms with Crippen LogP contribution in [0.1, 0.15) is 38.7 Å². The van der Waals surface area contributed by atoms with Gasteiger partial charge in [0.15, 0.2) is 5.29 Å². The normalized spacial score (nSPS) is 11.2. The highest BCUT2D eigenvalue weighted by Gasteiger charge is 2.09. The number of hydrogen-bond donors (Lipinski definition) is 0. The summed E-state index contributed by atoms with van der Waals surface area (Å²) in [5, 5.41) is 3.54. The molecule has 0 aromatic heterocycles. The van der Waals surface area contributed by atoms with E-state index < -0.39 is 5.29 Å². The van der Waals surface area contributed by atoms with E-state index in [0.29, 0.717) is 29.7 Å². The summed E-state index contributed by atoms with van der Waals surface area (Å²) in [6.45, 7) is 6.87. The largest absolute Gasteiger partial charge is 0.492 e. The van der Waals surface area contributed by atoms with Crippen molar-refractivity contribution >= 4 is 28.9 Å². The summed E-state index contributed by atoms with van der Waals surface area (Å²) < 4.78 is 23.5. The molecule has 0 unspecified atom stereocenters. The lowest BCUT2D eigenvalue weighted by molar-refractivity contribution is 0.138. The van der Waals surface area contributed by atoms with Gasteiger partial charge < -0.3 is 14.3 Å². The minimum atomic E-state index is -0.801. The van der Waals surface area contributed by atoms with Gasteiger partial charge in [0.2, 0.25) is 0 Å². The Morgan fingerprint density at radius 1 is 1.16 bits per heavy atom. The predicted molar refractivity (Wildman–Crippen MR) is 101 cm³/mol. The van der Waals surface area contributed by atoms with E-state index in [9.17, 15) is 4.39 Å². The summed E-state index contributed by atoms with van der Waals surface area (Å²) in [4.78, 5) is 5.13. The third-order valence-electron chi connectivity index (χ3n) is 3.06. The second kappa shape index (κ2) is 12.0. The van der Waals surface area contributed by atoms with E-state index in [4.69, 9.17) is 37.5 Å². The van der Waals surface area contributed by atoms with Gasteiger partial charge in [0.1, 0.15) is 24.7 Å². The van der Waals surface area contributed by atoms with Crippen molar-refractivity contribution in [1.82, 2.24) is 0 Å². The molecule has 0 aliphatic carbocycles. The second-order valence-corrected chi connectivity index (χ2v) is 6.41. The number of oxime groups is 1. The van der Waals surface area contributed by atoms with Crippen molar-refractivity contribution in [1.29, 1.82) is 0 Å². The molecule has 0 fully saturated rings. The van der Waals surface area contributed by atoms with E-state index in [1.807, 2.05) is 20.8 Å². The lowest BCUT2D eigenvalue weighted by atomic mass is 10.2. The van der Waals surface area contributed by atoms with Gasteiger partial charge in [-0.15, -0.1) is 0 Å². The molecule has 0 aliphatic rings. The fourth-order valence-corrected chi connectivity index (χ4v) is 2.33. The molecular weight excluding hydrogens is 368 g/mol. The first kappa shape index (κ1) is 21.6. The SMILES string of the molecule is CC(C)=NOCCCCCOc1c(C)cc(OC/C=C(\F)Cl)cc1Cl. The maximum absolute atomic E-state index is 12.4. The van der Waals surface area contributed by atoms with Crippen LogP contribution in [0.25, 0.3) is 0 Å². The highest BCUT2D eigenvalue weighted by molar-refractivity contribution is 6.32. The molecule has 0 saturated heterocycles. The molecule has 1 aromatic rings. The van der Waals surface area contributed by atoms with Crippen LogP contribution in [0, 0.1) is 6.92 Å². The van der Waals surface area contributed by atoms with E-state index in [2.05, 4.69) is 5.16 Å². The molecule has 0 saturated carbocycles. The fraction of sp³-hybridized carbons (Fsp3) is 0.500. The Morgan fingerprint density at radius 2 is 1.88 bits per heavy atom. The van der Waals surface area contributed by atoms with Crippen molar-refractivity contribution in [2.75, 3.05) is 19.8 Å². The number of aryl methyl sites for hydroxylation is 1. The Bertz CT molecular complexity index is 575. The summed E-state index contributed by atoms with van der Waals surface area (Å²) in [5.74, 6) is 1.17. The first-order valence-corrected chi connectivity index (χ1v) is 8.85. The highest BCUT2D eigenvalue weighted by atomic mass is 35.5. The van der Waals surface area contributed by atoms with E-state index in [1.54, 1.807) is 12.1 Å². The third-order valence-corrected chi connectivity index (χ3v) is 3.50. The molecular formula is C18H24Cl2FNO3. The average molecular weight is 392 g/mol. The Morgan fingerprint density at radius 3 is 2.52 bits per heavy atom. The second-order valence-electron chi connectivity index (χ2n) is 5.64. The molecule has 0 spiro atoms. The van der Waals surface area contributed by atoms with Crippen LogP contribution in [0.2, 0.25) is 5.02 Å². The number of rotatable bonds is 11. The summed E-state index contributed by atoms with van der Waals surface area (Å²) in [6, 6.07) is 3.43. The highest BCUT2D eigenvalue weighted by Crippen LogP contribution is 2.33. The third kappa shape index (κ3) is 9.56. The summed E-state index contributed by atoms with van der Waals surface area (Å²) in [6.07, 6.45) is 3.93. The lowest BCUT2D eigenvalue weighted by Crippen LogP contribution is -2.01. The van der Waals surface area contributed by atoms with Crippen LogP contribution >= 0.6 is 23.2 Å². The molecule has 0 atom stereocenters. The van der Waals surface area contributed by atoms with Gasteiger partial charge in [-0.1, -0.05) is 28.4 Å². The Hall–Kier alpha value is -1.46. The van der Waals surface area contributed by atoms with Crippen LogP contribution in [-0.2, 0) is 4.84 Å². The number of nitrogens with zero attached hydrogens (tertiary/aromatic N) is 1. The molecule has 1 aromatic carbocycles. The molecule has 25 heavy (non-hydrogen) atoms. The van der Waals surface area contributed by atoms with Crippen molar-refractivity contribution in [2.24, 2.45) is 5.16 Å². The van der Waals surface area contributed by atoms with Gasteiger partial charge in [-0.3, -0.25) is 0 Å². The van der Waals surface area contributed by atoms with Gasteiger partial charge in [0.05, 0.1) is 17.3 Å². The minimum Gasteiger partial charge on any atom is -0.492 e. The van der Waals surface area contributed by atoms with Gasteiger partial charge in [-0.05, 0) is 51.7 Å². The van der Waals surface area contributed by atoms with Crippen LogP contribution in [0.4, 0.5) is 4.39 Å². The zero-order valence-electron chi connectivity index (χ0n) is 14.8. The van der Waals surface area contributed by atoms with E-state index in [-0.39, 0.29) is 6.61 Å². The molecule has 0 N–H and O–H groups in total. The fourth-order valence-electron chi connectivity index (χ4n) is 1.96. The van der Waals surface area contributed by atoms with E-state index in [0.717, 1.165) is 36.6 Å². The van der Waals surface area contributed by atoms with Gasteiger partial charge >= 0.3 is 0 Å². The maximum Gasteiger partial charge on any atom is 0.188 e. The zero-order valence-corrected chi connectivity index (χ0v) is 16.3. The number of unbranched alkanes of at least 4 members (excludes halogenated alkanes) is 2. The predicted octanol–water partition coefficient (Wildman–Crippen LogP) is 6.04. The van der Waals surface area contributed by atoms with Gasteiger partial charge in [0.25, 0.3) is 0 Å². The minimum absolute atomic E-state index is 0.0367. The molecule has 7 heteroatoms. The molecule has 4 nitrogen and oxygen atoms in total. The van der Waals surface area contributed by atoms with Crippen LogP contribution in [0.5, 0.6) is 11.5 Å². The molecule has 0 bridgehead atoms. The van der Waals surface area contributed by atoms with E-state index in [1.165, 1.54) is 0 Å². The van der Waals surface area contributed by atoms with Crippen molar-refractivity contribution in [3.63, 3.8) is 0 Å². The van der Waals surface area contributed by atoms with Crippen LogP contribution in [0.15, 0.2) is 28.7 Å². The van der Waals surface area contributed by atoms with Crippen LogP contribution in [0.3, 0.4) is 0 Å². The Balaban J connectivity index is 2.36. The van der Waals surface area contributed by atoms with Crippen LogP contribution < -0.4 is 9.47 Å². The smallest absolute Gasteiger partial charge is 0.188 e. The topological polar surface area (TPSA) is 40.0 Å². The number of hydrogen-bond acceptors (Lipinski definition) is 4. The van der Waals surface area contributed by atoms with E-state index >= 15 is 0 Å². The molecule has 140 valence electrons. The standard InChI is InChI=1S/C18H24Cl2FNO3/c1-13(2)22-25-9-6-4-5-8-24-18-14(3)11-15(12-16(18)19)23-10-7-17(20)21/h7,11-12H,4-6,8-10H2,1-3H3/b17-7-. The summed E-state index contributed by atoms with van der Waals surface area (Å²) >= 11 is 11.3. The summed E-state index contributed by atoms with van der Waals surface area (Å²) in [7, 11) is 0. The summed E-state index contributed by atoms with van der Waals surface area (Å²) in [5.41, 5.74) is 1.76. The van der Waals surface area contributed by atoms with Crippen molar-refractivity contribution < 1.29 is 18.7 Å². The van der Waals surface area contributed by atoms with Gasteiger partial charge in [-0.2, -0.15) is 4.39 Å². The Kier molecular flexibility index (Phi) is 10.3. The van der Waals surface area contributed by atoms with Crippen molar-refractivity contribution in [3.05, 3.63) is 34.1 Å². The number of ether oxygens (including phenoxy) is 2. The molecule has 0 amide bonds.